The molecule has 0 aliphatic carbocycles. The van der Waals surface area contributed by atoms with Gasteiger partial charge in [-0.05, 0) is 36.2 Å². The van der Waals surface area contributed by atoms with Crippen molar-refractivity contribution >= 4 is 6.08 Å². The van der Waals surface area contributed by atoms with Crippen molar-refractivity contribution in [2.45, 2.75) is 12.5 Å². The largest absolute Gasteiger partial charge is 0.497 e. The van der Waals surface area contributed by atoms with Gasteiger partial charge in [0.15, 0.2) is 0 Å². The molecule has 0 heterocycles. The maximum atomic E-state index is 10.2. The van der Waals surface area contributed by atoms with Gasteiger partial charge in [0.05, 0.1) is 13.2 Å². The van der Waals surface area contributed by atoms with Crippen LogP contribution in [-0.4, -0.2) is 25.3 Å². The molecule has 0 spiro atoms. The summed E-state index contributed by atoms with van der Waals surface area (Å²) in [7, 11) is 1.63. The lowest BCUT2D eigenvalue weighted by Crippen LogP contribution is -2.17. The van der Waals surface area contributed by atoms with E-state index in [0.717, 1.165) is 24.4 Å². The van der Waals surface area contributed by atoms with Crippen LogP contribution in [0.4, 0.5) is 0 Å². The molecule has 0 radical (unpaired) electrons. The first-order chi connectivity index (χ1) is 10.8. The van der Waals surface area contributed by atoms with Gasteiger partial charge in [0, 0.05) is 6.54 Å². The van der Waals surface area contributed by atoms with E-state index in [1.807, 2.05) is 42.5 Å². The second-order valence-corrected chi connectivity index (χ2v) is 5.10. The molecule has 1 atom stereocenters. The van der Waals surface area contributed by atoms with Crippen molar-refractivity contribution in [3.8, 4) is 5.75 Å². The van der Waals surface area contributed by atoms with Crippen molar-refractivity contribution in [3.05, 3.63) is 71.8 Å². The molecule has 0 saturated carbocycles. The Morgan fingerprint density at radius 3 is 2.73 bits per heavy atom. The summed E-state index contributed by atoms with van der Waals surface area (Å²) in [6.45, 7) is 1.55. The van der Waals surface area contributed by atoms with Gasteiger partial charge in [-0.3, -0.25) is 0 Å². The molecule has 2 aromatic rings. The molecule has 0 bridgehead atoms. The van der Waals surface area contributed by atoms with E-state index < -0.39 is 6.10 Å². The zero-order valence-electron chi connectivity index (χ0n) is 12.9. The highest BCUT2D eigenvalue weighted by atomic mass is 16.5. The second kappa shape index (κ2) is 9.03. The van der Waals surface area contributed by atoms with Gasteiger partial charge in [0.2, 0.25) is 0 Å². The Labute approximate surface area is 132 Å². The van der Waals surface area contributed by atoms with Crippen LogP contribution in [0.1, 0.15) is 23.7 Å². The van der Waals surface area contributed by atoms with E-state index >= 15 is 0 Å². The van der Waals surface area contributed by atoms with E-state index in [0.29, 0.717) is 6.42 Å². The number of hydrogen-bond acceptors (Lipinski definition) is 3. The summed E-state index contributed by atoms with van der Waals surface area (Å²) >= 11 is 0. The van der Waals surface area contributed by atoms with Crippen LogP contribution in [0.3, 0.4) is 0 Å². The van der Waals surface area contributed by atoms with Crippen LogP contribution in [0.15, 0.2) is 60.7 Å². The average molecular weight is 297 g/mol. The summed E-state index contributed by atoms with van der Waals surface area (Å²) in [4.78, 5) is 0. The van der Waals surface area contributed by atoms with Crippen LogP contribution in [0.5, 0.6) is 5.75 Å². The Hall–Kier alpha value is -2.10. The SMILES string of the molecule is COc1cccc(C(O)CCNC/C=C/c2ccccc2)c1. The van der Waals surface area contributed by atoms with E-state index in [1.54, 1.807) is 7.11 Å². The second-order valence-electron chi connectivity index (χ2n) is 5.10. The predicted octanol–water partition coefficient (Wildman–Crippen LogP) is 3.42. The molecule has 2 N–H and O–H groups in total. The summed E-state index contributed by atoms with van der Waals surface area (Å²) in [6, 6.07) is 17.8. The molecule has 0 aromatic heterocycles. The number of rotatable bonds is 8. The highest BCUT2D eigenvalue weighted by molar-refractivity contribution is 5.48. The number of benzene rings is 2. The molecule has 0 fully saturated rings. The average Bonchev–Trinajstić information content (AvgIpc) is 2.58. The van der Waals surface area contributed by atoms with Gasteiger partial charge in [0.1, 0.15) is 5.75 Å². The smallest absolute Gasteiger partial charge is 0.119 e. The summed E-state index contributed by atoms with van der Waals surface area (Å²) in [6.07, 6.45) is 4.38. The molecule has 116 valence electrons. The zero-order chi connectivity index (χ0) is 15.6. The first-order valence-corrected chi connectivity index (χ1v) is 7.54. The van der Waals surface area contributed by atoms with Gasteiger partial charge in [0.25, 0.3) is 0 Å². The van der Waals surface area contributed by atoms with Crippen LogP contribution in [0, 0.1) is 0 Å². The quantitative estimate of drug-likeness (QED) is 0.734. The number of aliphatic hydroxyl groups is 1. The van der Waals surface area contributed by atoms with E-state index in [2.05, 4.69) is 29.6 Å². The first-order valence-electron chi connectivity index (χ1n) is 7.54. The fourth-order valence-corrected chi connectivity index (χ4v) is 2.20. The van der Waals surface area contributed by atoms with Gasteiger partial charge in [-0.1, -0.05) is 54.6 Å². The number of hydrogen-bond donors (Lipinski definition) is 2. The van der Waals surface area contributed by atoms with Crippen LogP contribution < -0.4 is 10.1 Å². The lowest BCUT2D eigenvalue weighted by molar-refractivity contribution is 0.167. The Balaban J connectivity index is 1.68. The number of aliphatic hydroxyl groups excluding tert-OH is 1. The van der Waals surface area contributed by atoms with Crippen LogP contribution >= 0.6 is 0 Å². The molecule has 0 aliphatic rings. The molecule has 2 rings (SSSR count). The Bertz CT molecular complexity index is 581. The molecular weight excluding hydrogens is 274 g/mol. The fraction of sp³-hybridized carbons (Fsp3) is 0.263. The molecule has 22 heavy (non-hydrogen) atoms. The molecule has 2 aromatic carbocycles. The van der Waals surface area contributed by atoms with Gasteiger partial charge in [-0.15, -0.1) is 0 Å². The molecule has 0 aliphatic heterocycles. The van der Waals surface area contributed by atoms with Gasteiger partial charge >= 0.3 is 0 Å². The van der Waals surface area contributed by atoms with Crippen molar-refractivity contribution in [2.24, 2.45) is 0 Å². The Kier molecular flexibility index (Phi) is 6.68. The topological polar surface area (TPSA) is 41.5 Å². The van der Waals surface area contributed by atoms with Crippen LogP contribution in [0.2, 0.25) is 0 Å². The molecular formula is C19H23NO2. The zero-order valence-corrected chi connectivity index (χ0v) is 12.9. The third kappa shape index (κ3) is 5.35. The lowest BCUT2D eigenvalue weighted by atomic mass is 10.1. The van der Waals surface area contributed by atoms with Crippen molar-refractivity contribution in [1.29, 1.82) is 0 Å². The van der Waals surface area contributed by atoms with Crippen molar-refractivity contribution < 1.29 is 9.84 Å². The maximum absolute atomic E-state index is 10.2. The monoisotopic (exact) mass is 297 g/mol. The third-order valence-electron chi connectivity index (χ3n) is 3.45. The number of ether oxygens (including phenoxy) is 1. The van der Waals surface area contributed by atoms with Crippen LogP contribution in [-0.2, 0) is 0 Å². The van der Waals surface area contributed by atoms with Gasteiger partial charge in [-0.2, -0.15) is 0 Å². The summed E-state index contributed by atoms with van der Waals surface area (Å²) in [5.74, 6) is 0.773. The Morgan fingerprint density at radius 2 is 1.95 bits per heavy atom. The molecule has 0 amide bonds. The van der Waals surface area contributed by atoms with E-state index in [9.17, 15) is 5.11 Å². The molecule has 3 heteroatoms. The minimum absolute atomic E-state index is 0.472. The fourth-order valence-electron chi connectivity index (χ4n) is 2.20. The minimum atomic E-state index is -0.472. The summed E-state index contributed by atoms with van der Waals surface area (Å²) in [5.41, 5.74) is 2.08. The standard InChI is InChI=1S/C19H23NO2/c1-22-18-11-5-10-17(15-18)19(21)12-14-20-13-6-9-16-7-3-2-4-8-16/h2-11,15,19-21H,12-14H2,1H3/b9-6+. The normalized spacial score (nSPS) is 12.5. The van der Waals surface area contributed by atoms with Crippen molar-refractivity contribution in [2.75, 3.05) is 20.2 Å². The van der Waals surface area contributed by atoms with E-state index in [4.69, 9.17) is 4.74 Å². The highest BCUT2D eigenvalue weighted by Crippen LogP contribution is 2.20. The highest BCUT2D eigenvalue weighted by Gasteiger charge is 2.07. The molecule has 3 nitrogen and oxygen atoms in total. The van der Waals surface area contributed by atoms with Crippen molar-refractivity contribution in [3.63, 3.8) is 0 Å². The first kappa shape index (κ1) is 16.3. The minimum Gasteiger partial charge on any atom is -0.497 e. The lowest BCUT2D eigenvalue weighted by Gasteiger charge is -2.12. The van der Waals surface area contributed by atoms with E-state index in [1.165, 1.54) is 5.56 Å². The van der Waals surface area contributed by atoms with Gasteiger partial charge in [-0.25, -0.2) is 0 Å². The summed E-state index contributed by atoms with van der Waals surface area (Å²) < 4.78 is 5.17. The van der Waals surface area contributed by atoms with Crippen LogP contribution in [0.25, 0.3) is 6.08 Å². The van der Waals surface area contributed by atoms with Crippen molar-refractivity contribution in [1.82, 2.24) is 5.32 Å². The molecule has 0 saturated heterocycles. The summed E-state index contributed by atoms with van der Waals surface area (Å²) in [5, 5.41) is 13.5. The number of methoxy groups -OCH3 is 1. The maximum Gasteiger partial charge on any atom is 0.119 e. The predicted molar refractivity (Wildman–Crippen MR) is 90.9 cm³/mol. The molecule has 1 unspecified atom stereocenters. The Morgan fingerprint density at radius 1 is 1.14 bits per heavy atom. The van der Waals surface area contributed by atoms with Gasteiger partial charge < -0.3 is 15.2 Å². The van der Waals surface area contributed by atoms with E-state index in [-0.39, 0.29) is 0 Å². The third-order valence-corrected chi connectivity index (χ3v) is 3.45. The number of nitrogens with one attached hydrogen (secondary N) is 1.